The lowest BCUT2D eigenvalue weighted by Gasteiger charge is -2.43. The number of nitrogens with one attached hydrogen (secondary N) is 2. The van der Waals surface area contributed by atoms with Crippen LogP contribution in [0.2, 0.25) is 5.02 Å². The second-order valence-corrected chi connectivity index (χ2v) is 8.81. The summed E-state index contributed by atoms with van der Waals surface area (Å²) in [6, 6.07) is -0.452. The van der Waals surface area contributed by atoms with E-state index < -0.39 is 52.8 Å². The highest BCUT2D eigenvalue weighted by molar-refractivity contribution is 6.31. The summed E-state index contributed by atoms with van der Waals surface area (Å²) in [5.74, 6) is -4.62. The fourth-order valence-corrected chi connectivity index (χ4v) is 4.61. The lowest BCUT2D eigenvalue weighted by atomic mass is 9.69. The van der Waals surface area contributed by atoms with Crippen molar-refractivity contribution >= 4 is 23.5 Å². The molecule has 5 nitrogen and oxygen atoms in total. The van der Waals surface area contributed by atoms with E-state index in [9.17, 15) is 31.5 Å². The smallest absolute Gasteiger partial charge is 0.353 e. The van der Waals surface area contributed by atoms with E-state index >= 15 is 0 Å². The van der Waals surface area contributed by atoms with Gasteiger partial charge in [0.2, 0.25) is 5.91 Å². The number of urea groups is 1. The van der Waals surface area contributed by atoms with Crippen LogP contribution in [0.1, 0.15) is 37.3 Å². The molecule has 170 valence electrons. The Labute approximate surface area is 180 Å². The standard InChI is InChI=1S/C20H21ClF5N3O2/c21-14-13(22)4-3-12(15(14)23)16(10-7-11(8-10)20(24,25)26)28-19(31)29-6-5-27-18(30)17(29)9-1-2-9/h3-4,9-11,16-17H,1-2,5-8H2,(H,27,30)(H,28,31)/t10?,11?,16-,17-/m0/s1. The van der Waals surface area contributed by atoms with Gasteiger partial charge in [-0.05, 0) is 43.6 Å². The number of amides is 3. The van der Waals surface area contributed by atoms with Crippen LogP contribution in [-0.2, 0) is 4.79 Å². The summed E-state index contributed by atoms with van der Waals surface area (Å²) < 4.78 is 67.3. The molecule has 1 heterocycles. The van der Waals surface area contributed by atoms with Crippen LogP contribution in [0.15, 0.2) is 12.1 Å². The quantitative estimate of drug-likeness (QED) is 0.518. The molecule has 0 aromatic heterocycles. The maximum Gasteiger partial charge on any atom is 0.391 e. The van der Waals surface area contributed by atoms with Crippen LogP contribution in [-0.4, -0.2) is 42.1 Å². The van der Waals surface area contributed by atoms with Gasteiger partial charge in [0.05, 0.1) is 12.0 Å². The van der Waals surface area contributed by atoms with Crippen molar-refractivity contribution in [1.29, 1.82) is 0 Å². The van der Waals surface area contributed by atoms with Gasteiger partial charge in [0.1, 0.15) is 22.7 Å². The molecular weight excluding hydrogens is 445 g/mol. The number of alkyl halides is 3. The van der Waals surface area contributed by atoms with E-state index in [2.05, 4.69) is 10.6 Å². The van der Waals surface area contributed by atoms with Crippen LogP contribution in [0, 0.1) is 29.4 Å². The Bertz CT molecular complexity index is 886. The topological polar surface area (TPSA) is 61.4 Å². The zero-order valence-electron chi connectivity index (χ0n) is 16.3. The first-order chi connectivity index (χ1) is 14.6. The number of carbonyl (C=O) groups is 2. The molecule has 11 heteroatoms. The highest BCUT2D eigenvalue weighted by Gasteiger charge is 2.51. The molecule has 4 rings (SSSR count). The van der Waals surface area contributed by atoms with Crippen LogP contribution in [0.3, 0.4) is 0 Å². The molecular formula is C20H21ClF5N3O2. The molecule has 2 N–H and O–H groups in total. The predicted octanol–water partition coefficient (Wildman–Crippen LogP) is 4.17. The second kappa shape index (κ2) is 8.11. The molecule has 3 aliphatic rings. The zero-order valence-corrected chi connectivity index (χ0v) is 17.1. The van der Waals surface area contributed by atoms with Crippen molar-refractivity contribution in [2.24, 2.45) is 17.8 Å². The van der Waals surface area contributed by atoms with E-state index in [-0.39, 0.29) is 43.3 Å². The number of hydrogen-bond acceptors (Lipinski definition) is 2. The Morgan fingerprint density at radius 3 is 2.52 bits per heavy atom. The van der Waals surface area contributed by atoms with Crippen LogP contribution < -0.4 is 10.6 Å². The third-order valence-corrected chi connectivity index (χ3v) is 6.72. The Balaban J connectivity index is 1.58. The summed E-state index contributed by atoms with van der Waals surface area (Å²) >= 11 is 5.67. The van der Waals surface area contributed by atoms with Crippen LogP contribution in [0.4, 0.5) is 26.7 Å². The van der Waals surface area contributed by atoms with E-state index in [4.69, 9.17) is 11.6 Å². The van der Waals surface area contributed by atoms with E-state index in [0.717, 1.165) is 25.0 Å². The van der Waals surface area contributed by atoms with Gasteiger partial charge in [-0.2, -0.15) is 13.2 Å². The Hall–Kier alpha value is -2.10. The number of carbonyl (C=O) groups excluding carboxylic acids is 2. The van der Waals surface area contributed by atoms with Crippen LogP contribution in [0.25, 0.3) is 0 Å². The van der Waals surface area contributed by atoms with Gasteiger partial charge in [0.15, 0.2) is 0 Å². The number of piperazine rings is 1. The van der Waals surface area contributed by atoms with Crippen LogP contribution >= 0.6 is 11.6 Å². The van der Waals surface area contributed by atoms with Crippen LogP contribution in [0.5, 0.6) is 0 Å². The summed E-state index contributed by atoms with van der Waals surface area (Å²) in [6.07, 6.45) is -3.39. The van der Waals surface area contributed by atoms with Crippen molar-refractivity contribution in [1.82, 2.24) is 15.5 Å². The van der Waals surface area contributed by atoms with Gasteiger partial charge in [-0.3, -0.25) is 4.79 Å². The molecule has 3 fully saturated rings. The molecule has 2 saturated carbocycles. The highest BCUT2D eigenvalue weighted by Crippen LogP contribution is 2.50. The molecule has 31 heavy (non-hydrogen) atoms. The number of hydrogen-bond donors (Lipinski definition) is 2. The number of benzene rings is 1. The number of nitrogens with zero attached hydrogens (tertiary/aromatic N) is 1. The monoisotopic (exact) mass is 465 g/mol. The molecule has 1 aromatic rings. The van der Waals surface area contributed by atoms with Crippen molar-refractivity contribution in [3.63, 3.8) is 0 Å². The van der Waals surface area contributed by atoms with E-state index in [1.165, 1.54) is 4.90 Å². The van der Waals surface area contributed by atoms with Crippen molar-refractivity contribution in [3.8, 4) is 0 Å². The fourth-order valence-electron chi connectivity index (χ4n) is 4.44. The van der Waals surface area contributed by atoms with Gasteiger partial charge in [-0.25, -0.2) is 13.6 Å². The maximum atomic E-state index is 14.7. The summed E-state index contributed by atoms with van der Waals surface area (Å²) in [5, 5.41) is 4.54. The van der Waals surface area contributed by atoms with Gasteiger partial charge < -0.3 is 15.5 Å². The lowest BCUT2D eigenvalue weighted by Crippen LogP contribution is -2.61. The molecule has 0 spiro atoms. The molecule has 2 atom stereocenters. The second-order valence-electron chi connectivity index (χ2n) is 8.43. The summed E-state index contributed by atoms with van der Waals surface area (Å²) in [7, 11) is 0. The Morgan fingerprint density at radius 1 is 1.23 bits per heavy atom. The highest BCUT2D eigenvalue weighted by atomic mass is 35.5. The third-order valence-electron chi connectivity index (χ3n) is 6.37. The molecule has 0 unspecified atom stereocenters. The summed E-state index contributed by atoms with van der Waals surface area (Å²) in [4.78, 5) is 26.7. The average molecular weight is 466 g/mol. The molecule has 1 saturated heterocycles. The Kier molecular flexibility index (Phi) is 5.78. The SMILES string of the molecule is O=C1NCCN(C(=O)N[C@H](c2ccc(F)c(Cl)c2F)C2CC(C(F)(F)F)C2)[C@H]1C1CC1. The average Bonchev–Trinajstić information content (AvgIpc) is 3.48. The van der Waals surface area contributed by atoms with Gasteiger partial charge in [0, 0.05) is 18.7 Å². The van der Waals surface area contributed by atoms with E-state index in [0.29, 0.717) is 0 Å². The Morgan fingerprint density at radius 2 is 1.90 bits per heavy atom. The van der Waals surface area contributed by atoms with Crippen molar-refractivity contribution in [3.05, 3.63) is 34.4 Å². The first-order valence-electron chi connectivity index (χ1n) is 10.1. The van der Waals surface area contributed by atoms with Gasteiger partial charge in [0.25, 0.3) is 0 Å². The third kappa shape index (κ3) is 4.31. The molecule has 2 aliphatic carbocycles. The first-order valence-corrected chi connectivity index (χ1v) is 10.5. The summed E-state index contributed by atoms with van der Waals surface area (Å²) in [5.41, 5.74) is -0.171. The minimum Gasteiger partial charge on any atom is -0.353 e. The predicted molar refractivity (Wildman–Crippen MR) is 101 cm³/mol. The molecule has 1 aromatic carbocycles. The minimum absolute atomic E-state index is 0.0276. The fraction of sp³-hybridized carbons (Fsp3) is 0.600. The first kappa shape index (κ1) is 22.1. The minimum atomic E-state index is -4.38. The van der Waals surface area contributed by atoms with E-state index in [1.807, 2.05) is 0 Å². The number of halogens is 6. The van der Waals surface area contributed by atoms with E-state index in [1.54, 1.807) is 0 Å². The van der Waals surface area contributed by atoms with Crippen molar-refractivity contribution in [2.45, 2.75) is 43.9 Å². The van der Waals surface area contributed by atoms with Gasteiger partial charge in [-0.15, -0.1) is 0 Å². The largest absolute Gasteiger partial charge is 0.391 e. The zero-order chi connectivity index (χ0) is 22.5. The van der Waals surface area contributed by atoms with Gasteiger partial charge in [-0.1, -0.05) is 17.7 Å². The van der Waals surface area contributed by atoms with Gasteiger partial charge >= 0.3 is 12.2 Å². The maximum absolute atomic E-state index is 14.7. The number of rotatable bonds is 4. The normalized spacial score (nSPS) is 27.4. The molecule has 0 bridgehead atoms. The molecule has 1 aliphatic heterocycles. The molecule has 0 radical (unpaired) electrons. The van der Waals surface area contributed by atoms with Crippen molar-refractivity contribution < 1.29 is 31.5 Å². The molecule has 3 amide bonds. The van der Waals surface area contributed by atoms with Crippen molar-refractivity contribution in [2.75, 3.05) is 13.1 Å². The summed E-state index contributed by atoms with van der Waals surface area (Å²) in [6.45, 7) is 0.477. The lowest BCUT2D eigenvalue weighted by molar-refractivity contribution is -0.206.